The summed E-state index contributed by atoms with van der Waals surface area (Å²) in [6.45, 7) is 1.76. The van der Waals surface area contributed by atoms with Gasteiger partial charge >= 0.3 is 0 Å². The van der Waals surface area contributed by atoms with Gasteiger partial charge in [-0.05, 0) is 31.0 Å². The highest BCUT2D eigenvalue weighted by Crippen LogP contribution is 2.31. The molecule has 0 fully saturated rings. The predicted octanol–water partition coefficient (Wildman–Crippen LogP) is 5.14. The standard InChI is InChI=1S/C16H17Cl3F2N4O/c1-8(4-10-12(18)5-9(17)6-13(10)19)25(26-3)16(22)11-7-24(2)23-14(11)15(20)21/h5-8,15,22H,4H2,1-3H3. The van der Waals surface area contributed by atoms with E-state index in [1.165, 1.54) is 30.1 Å². The summed E-state index contributed by atoms with van der Waals surface area (Å²) < 4.78 is 27.6. The molecular formula is C16H17Cl3F2N4O. The molecule has 1 aromatic carbocycles. The van der Waals surface area contributed by atoms with E-state index in [9.17, 15) is 8.78 Å². The summed E-state index contributed by atoms with van der Waals surface area (Å²) in [7, 11) is 2.87. The van der Waals surface area contributed by atoms with Crippen LogP contribution in [0.3, 0.4) is 0 Å². The number of rotatable bonds is 6. The number of aromatic nitrogens is 2. The molecule has 0 amide bonds. The monoisotopic (exact) mass is 424 g/mol. The van der Waals surface area contributed by atoms with Gasteiger partial charge in [-0.15, -0.1) is 0 Å². The van der Waals surface area contributed by atoms with E-state index >= 15 is 0 Å². The lowest BCUT2D eigenvalue weighted by Crippen LogP contribution is -2.39. The number of hydrogen-bond acceptors (Lipinski definition) is 3. The third-order valence-electron chi connectivity index (χ3n) is 3.74. The molecule has 1 unspecified atom stereocenters. The third-order valence-corrected chi connectivity index (χ3v) is 4.63. The van der Waals surface area contributed by atoms with Gasteiger partial charge in [0.05, 0.1) is 18.7 Å². The number of alkyl halides is 2. The van der Waals surface area contributed by atoms with Gasteiger partial charge in [0.25, 0.3) is 6.43 Å². The third kappa shape index (κ3) is 4.46. The molecule has 0 aliphatic carbocycles. The van der Waals surface area contributed by atoms with Gasteiger partial charge in [0.2, 0.25) is 0 Å². The number of nitrogens with zero attached hydrogens (tertiary/aromatic N) is 3. The lowest BCUT2D eigenvalue weighted by Gasteiger charge is -2.29. The highest BCUT2D eigenvalue weighted by atomic mass is 35.5. The van der Waals surface area contributed by atoms with Crippen LogP contribution in [0, 0.1) is 5.41 Å². The van der Waals surface area contributed by atoms with Crippen molar-refractivity contribution in [3.8, 4) is 0 Å². The second-order valence-electron chi connectivity index (χ2n) is 5.66. The number of amidine groups is 1. The molecule has 26 heavy (non-hydrogen) atoms. The van der Waals surface area contributed by atoms with Crippen molar-refractivity contribution >= 4 is 40.6 Å². The van der Waals surface area contributed by atoms with E-state index in [4.69, 9.17) is 45.0 Å². The molecule has 2 aromatic rings. The Kier molecular flexibility index (Phi) is 6.85. The fourth-order valence-corrected chi connectivity index (χ4v) is 3.58. The van der Waals surface area contributed by atoms with Crippen LogP contribution in [0.1, 0.15) is 30.2 Å². The normalized spacial score (nSPS) is 12.5. The van der Waals surface area contributed by atoms with E-state index in [0.29, 0.717) is 27.1 Å². The van der Waals surface area contributed by atoms with Gasteiger partial charge in [0.15, 0.2) is 5.84 Å². The number of nitrogens with one attached hydrogen (secondary N) is 1. The predicted molar refractivity (Wildman–Crippen MR) is 98.5 cm³/mol. The average molecular weight is 426 g/mol. The lowest BCUT2D eigenvalue weighted by atomic mass is 10.1. The molecule has 1 heterocycles. The zero-order valence-electron chi connectivity index (χ0n) is 14.2. The number of benzene rings is 1. The van der Waals surface area contributed by atoms with Crippen molar-refractivity contribution in [1.82, 2.24) is 14.8 Å². The SMILES string of the molecule is CON(C(=N)c1cn(C)nc1C(F)F)C(C)Cc1c(Cl)cc(Cl)cc1Cl. The molecule has 1 aromatic heterocycles. The highest BCUT2D eigenvalue weighted by Gasteiger charge is 2.27. The molecule has 0 saturated carbocycles. The summed E-state index contributed by atoms with van der Waals surface area (Å²) >= 11 is 18.3. The fraction of sp³-hybridized carbons (Fsp3) is 0.375. The Morgan fingerprint density at radius 3 is 2.38 bits per heavy atom. The molecule has 0 aliphatic heterocycles. The second-order valence-corrected chi connectivity index (χ2v) is 6.91. The first-order chi connectivity index (χ1) is 12.1. The minimum absolute atomic E-state index is 0.00972. The Balaban J connectivity index is 2.29. The first-order valence-electron chi connectivity index (χ1n) is 7.53. The zero-order chi connectivity index (χ0) is 19.6. The summed E-state index contributed by atoms with van der Waals surface area (Å²) in [5.74, 6) is -0.232. The Morgan fingerprint density at radius 2 is 1.88 bits per heavy atom. The number of hydrogen-bond donors (Lipinski definition) is 1. The molecule has 10 heteroatoms. The van der Waals surface area contributed by atoms with Crippen molar-refractivity contribution in [3.05, 3.63) is 50.2 Å². The Hall–Kier alpha value is -1.41. The zero-order valence-corrected chi connectivity index (χ0v) is 16.5. The molecule has 142 valence electrons. The lowest BCUT2D eigenvalue weighted by molar-refractivity contribution is -0.0922. The topological polar surface area (TPSA) is 54.1 Å². The summed E-state index contributed by atoms with van der Waals surface area (Å²) in [5, 5.41) is 14.4. The van der Waals surface area contributed by atoms with E-state index in [1.54, 1.807) is 19.1 Å². The van der Waals surface area contributed by atoms with Crippen molar-refractivity contribution in [2.45, 2.75) is 25.8 Å². The maximum absolute atomic E-state index is 13.2. The van der Waals surface area contributed by atoms with Crippen molar-refractivity contribution in [2.75, 3.05) is 7.11 Å². The molecule has 0 radical (unpaired) electrons. The minimum Gasteiger partial charge on any atom is -0.282 e. The molecule has 0 bridgehead atoms. The van der Waals surface area contributed by atoms with Gasteiger partial charge in [-0.25, -0.2) is 13.8 Å². The largest absolute Gasteiger partial charge is 0.282 e. The van der Waals surface area contributed by atoms with Crippen LogP contribution in [0.25, 0.3) is 0 Å². The fourth-order valence-electron chi connectivity index (χ4n) is 2.61. The van der Waals surface area contributed by atoms with Crippen LogP contribution in [0.15, 0.2) is 18.3 Å². The van der Waals surface area contributed by atoms with Crippen LogP contribution in [-0.4, -0.2) is 33.8 Å². The molecular weight excluding hydrogens is 409 g/mol. The smallest absolute Gasteiger partial charge is 0.282 e. The highest BCUT2D eigenvalue weighted by molar-refractivity contribution is 6.39. The Morgan fingerprint density at radius 1 is 1.31 bits per heavy atom. The molecule has 2 rings (SSSR count). The molecule has 0 spiro atoms. The molecule has 0 aliphatic rings. The quantitative estimate of drug-likeness (QED) is 0.396. The van der Waals surface area contributed by atoms with E-state index in [0.717, 1.165) is 0 Å². The Bertz CT molecular complexity index is 790. The van der Waals surface area contributed by atoms with E-state index in [2.05, 4.69) is 5.10 Å². The first kappa shape index (κ1) is 20.9. The number of aryl methyl sites for hydroxylation is 1. The van der Waals surface area contributed by atoms with Gasteiger partial charge in [-0.1, -0.05) is 34.8 Å². The van der Waals surface area contributed by atoms with Crippen LogP contribution >= 0.6 is 34.8 Å². The van der Waals surface area contributed by atoms with Crippen molar-refractivity contribution < 1.29 is 13.6 Å². The van der Waals surface area contributed by atoms with Crippen molar-refractivity contribution in [3.63, 3.8) is 0 Å². The number of hydroxylamine groups is 2. The average Bonchev–Trinajstić information content (AvgIpc) is 2.93. The Labute approximate surface area is 164 Å². The van der Waals surface area contributed by atoms with Crippen molar-refractivity contribution in [2.24, 2.45) is 7.05 Å². The van der Waals surface area contributed by atoms with Crippen LogP contribution in [0.4, 0.5) is 8.78 Å². The van der Waals surface area contributed by atoms with Gasteiger partial charge < -0.3 is 0 Å². The van der Waals surface area contributed by atoms with Crippen LogP contribution < -0.4 is 0 Å². The molecule has 1 atom stereocenters. The maximum atomic E-state index is 13.2. The van der Waals surface area contributed by atoms with E-state index < -0.39 is 18.2 Å². The van der Waals surface area contributed by atoms with Gasteiger partial charge in [-0.3, -0.25) is 14.9 Å². The van der Waals surface area contributed by atoms with Gasteiger partial charge in [0.1, 0.15) is 5.69 Å². The first-order valence-corrected chi connectivity index (χ1v) is 8.66. The van der Waals surface area contributed by atoms with Crippen LogP contribution in [0.5, 0.6) is 0 Å². The molecule has 5 nitrogen and oxygen atoms in total. The summed E-state index contributed by atoms with van der Waals surface area (Å²) in [6.07, 6.45) is -1.14. The van der Waals surface area contributed by atoms with Crippen LogP contribution in [-0.2, 0) is 18.3 Å². The van der Waals surface area contributed by atoms with Crippen molar-refractivity contribution in [1.29, 1.82) is 5.41 Å². The van der Waals surface area contributed by atoms with Gasteiger partial charge in [-0.2, -0.15) is 5.10 Å². The molecule has 1 N–H and O–H groups in total. The number of halogens is 5. The van der Waals surface area contributed by atoms with E-state index in [1.807, 2.05) is 0 Å². The minimum atomic E-state index is -2.80. The van der Waals surface area contributed by atoms with Crippen LogP contribution in [0.2, 0.25) is 15.1 Å². The summed E-state index contributed by atoms with van der Waals surface area (Å²) in [5.41, 5.74) is 0.138. The maximum Gasteiger partial charge on any atom is 0.282 e. The van der Waals surface area contributed by atoms with E-state index in [-0.39, 0.29) is 11.4 Å². The summed E-state index contributed by atoms with van der Waals surface area (Å²) in [6, 6.07) is 2.71. The van der Waals surface area contributed by atoms with Gasteiger partial charge in [0, 0.05) is 28.3 Å². The second kappa shape index (κ2) is 8.52. The summed E-state index contributed by atoms with van der Waals surface area (Å²) in [4.78, 5) is 5.26. The molecule has 0 saturated heterocycles.